The fourth-order valence-electron chi connectivity index (χ4n) is 3.25. The molecule has 8 nitrogen and oxygen atoms in total. The molecule has 0 spiro atoms. The van der Waals surface area contributed by atoms with E-state index in [4.69, 9.17) is 19.8 Å². The van der Waals surface area contributed by atoms with Gasteiger partial charge in [-0.3, -0.25) is 4.90 Å². The standard InChI is InChI=1S/C17H21N3O5/c18-5-12-1-3-14(4-2-12)24-11-13(21)6-19-7-15-9-20(17(22)23)10-16(8-19)25-15/h1-4,13,15-16,21H,6-11H2,(H,22,23)/t13-,15?,16?/m0/s1. The number of morpholine rings is 2. The van der Waals surface area contributed by atoms with Gasteiger partial charge in [0.2, 0.25) is 0 Å². The Hall–Kier alpha value is -2.34. The van der Waals surface area contributed by atoms with Crippen molar-refractivity contribution in [3.63, 3.8) is 0 Å². The van der Waals surface area contributed by atoms with Crippen LogP contribution in [0.5, 0.6) is 5.75 Å². The summed E-state index contributed by atoms with van der Waals surface area (Å²) in [5.74, 6) is 0.606. The van der Waals surface area contributed by atoms with E-state index in [-0.39, 0.29) is 18.8 Å². The first-order chi connectivity index (χ1) is 12.0. The van der Waals surface area contributed by atoms with Crippen molar-refractivity contribution in [3.8, 4) is 11.8 Å². The SMILES string of the molecule is N#Cc1ccc(OC[C@@H](O)CN2CC3CN(C(=O)O)CC(C2)O3)cc1. The van der Waals surface area contributed by atoms with E-state index in [9.17, 15) is 9.90 Å². The first-order valence-electron chi connectivity index (χ1n) is 8.20. The zero-order valence-corrected chi connectivity index (χ0v) is 13.7. The molecule has 2 saturated heterocycles. The minimum absolute atomic E-state index is 0.153. The summed E-state index contributed by atoms with van der Waals surface area (Å²) in [5.41, 5.74) is 0.558. The summed E-state index contributed by atoms with van der Waals surface area (Å²) < 4.78 is 11.3. The quantitative estimate of drug-likeness (QED) is 0.792. The highest BCUT2D eigenvalue weighted by Gasteiger charge is 2.37. The zero-order valence-electron chi connectivity index (χ0n) is 13.7. The fourth-order valence-corrected chi connectivity index (χ4v) is 3.25. The Morgan fingerprint density at radius 3 is 2.48 bits per heavy atom. The molecule has 2 fully saturated rings. The van der Waals surface area contributed by atoms with E-state index in [0.29, 0.717) is 44.0 Å². The summed E-state index contributed by atoms with van der Waals surface area (Å²) >= 11 is 0. The van der Waals surface area contributed by atoms with Crippen LogP contribution in [0.1, 0.15) is 5.56 Å². The van der Waals surface area contributed by atoms with Crippen LogP contribution in [0, 0.1) is 11.3 Å². The smallest absolute Gasteiger partial charge is 0.407 e. The Bertz CT molecular complexity index is 631. The molecular formula is C17H21N3O5. The van der Waals surface area contributed by atoms with E-state index in [0.717, 1.165) is 0 Å². The van der Waals surface area contributed by atoms with Crippen molar-refractivity contribution in [2.45, 2.75) is 18.3 Å². The minimum atomic E-state index is -0.914. The van der Waals surface area contributed by atoms with Gasteiger partial charge in [0.25, 0.3) is 0 Å². The number of carboxylic acid groups (broad SMARTS) is 1. The molecule has 1 amide bonds. The molecule has 0 radical (unpaired) electrons. The largest absolute Gasteiger partial charge is 0.491 e. The van der Waals surface area contributed by atoms with E-state index in [2.05, 4.69) is 4.90 Å². The van der Waals surface area contributed by atoms with E-state index >= 15 is 0 Å². The predicted octanol–water partition coefficient (Wildman–Crippen LogP) is 0.361. The molecule has 2 heterocycles. The average Bonchev–Trinajstić information content (AvgIpc) is 2.59. The van der Waals surface area contributed by atoms with Gasteiger partial charge < -0.3 is 24.6 Å². The van der Waals surface area contributed by atoms with Crippen LogP contribution in [-0.2, 0) is 4.74 Å². The Balaban J connectivity index is 1.45. The third-order valence-corrected chi connectivity index (χ3v) is 4.32. The van der Waals surface area contributed by atoms with Gasteiger partial charge in [0, 0.05) is 19.6 Å². The number of benzene rings is 1. The van der Waals surface area contributed by atoms with Crippen LogP contribution in [0.25, 0.3) is 0 Å². The number of rotatable bonds is 5. The number of amides is 1. The van der Waals surface area contributed by atoms with Crippen molar-refractivity contribution in [3.05, 3.63) is 29.8 Å². The normalized spacial score (nSPS) is 24.4. The maximum Gasteiger partial charge on any atom is 0.407 e. The number of fused-ring (bicyclic) bond motifs is 2. The van der Waals surface area contributed by atoms with E-state index in [1.54, 1.807) is 24.3 Å². The molecule has 2 aliphatic heterocycles. The highest BCUT2D eigenvalue weighted by Crippen LogP contribution is 2.19. The number of aliphatic hydroxyl groups is 1. The van der Waals surface area contributed by atoms with Gasteiger partial charge in [0.05, 0.1) is 36.9 Å². The molecule has 3 rings (SSSR count). The summed E-state index contributed by atoms with van der Waals surface area (Å²) in [4.78, 5) is 14.6. The lowest BCUT2D eigenvalue weighted by Crippen LogP contribution is -2.61. The summed E-state index contributed by atoms with van der Waals surface area (Å²) in [6, 6.07) is 8.77. The maximum atomic E-state index is 11.1. The van der Waals surface area contributed by atoms with Crippen molar-refractivity contribution in [2.24, 2.45) is 0 Å². The molecule has 0 saturated carbocycles. The number of carbonyl (C=O) groups is 1. The molecule has 2 bridgehead atoms. The third kappa shape index (κ3) is 4.60. The fraction of sp³-hybridized carbons (Fsp3) is 0.529. The number of aliphatic hydroxyl groups excluding tert-OH is 1. The van der Waals surface area contributed by atoms with Gasteiger partial charge in [-0.15, -0.1) is 0 Å². The van der Waals surface area contributed by atoms with Crippen molar-refractivity contribution < 1.29 is 24.5 Å². The molecule has 2 N–H and O–H groups in total. The summed E-state index contributed by atoms with van der Waals surface area (Å²) in [6.45, 7) is 2.50. The van der Waals surface area contributed by atoms with Crippen LogP contribution in [-0.4, -0.2) is 83.7 Å². The van der Waals surface area contributed by atoms with Crippen LogP contribution in [0.2, 0.25) is 0 Å². The number of nitrogens with zero attached hydrogens (tertiary/aromatic N) is 3. The lowest BCUT2D eigenvalue weighted by Gasteiger charge is -2.45. The summed E-state index contributed by atoms with van der Waals surface area (Å²) in [7, 11) is 0. The molecule has 25 heavy (non-hydrogen) atoms. The highest BCUT2D eigenvalue weighted by atomic mass is 16.5. The second-order valence-corrected chi connectivity index (χ2v) is 6.39. The lowest BCUT2D eigenvalue weighted by atomic mass is 10.1. The maximum absolute atomic E-state index is 11.1. The van der Waals surface area contributed by atoms with E-state index in [1.807, 2.05) is 6.07 Å². The molecule has 2 unspecified atom stereocenters. The molecular weight excluding hydrogens is 326 g/mol. The first-order valence-corrected chi connectivity index (χ1v) is 8.20. The highest BCUT2D eigenvalue weighted by molar-refractivity contribution is 5.65. The molecule has 3 atom stereocenters. The number of hydrogen-bond donors (Lipinski definition) is 2. The van der Waals surface area contributed by atoms with Crippen molar-refractivity contribution in [1.82, 2.24) is 9.80 Å². The molecule has 0 aromatic heterocycles. The van der Waals surface area contributed by atoms with Gasteiger partial charge in [-0.25, -0.2) is 4.79 Å². The topological polar surface area (TPSA) is 106 Å². The third-order valence-electron chi connectivity index (χ3n) is 4.32. The lowest BCUT2D eigenvalue weighted by molar-refractivity contribution is -0.136. The monoisotopic (exact) mass is 347 g/mol. The molecule has 8 heteroatoms. The number of hydrogen-bond acceptors (Lipinski definition) is 6. The predicted molar refractivity (Wildman–Crippen MR) is 87.4 cm³/mol. The minimum Gasteiger partial charge on any atom is -0.491 e. The Labute approximate surface area is 145 Å². The van der Waals surface area contributed by atoms with Gasteiger partial charge in [-0.2, -0.15) is 5.26 Å². The van der Waals surface area contributed by atoms with E-state index < -0.39 is 12.2 Å². The molecule has 0 aliphatic carbocycles. The Morgan fingerprint density at radius 2 is 1.92 bits per heavy atom. The van der Waals surface area contributed by atoms with Gasteiger partial charge >= 0.3 is 6.09 Å². The van der Waals surface area contributed by atoms with Crippen LogP contribution in [0.4, 0.5) is 4.79 Å². The van der Waals surface area contributed by atoms with Gasteiger partial charge in [-0.1, -0.05) is 0 Å². The molecule has 1 aromatic rings. The van der Waals surface area contributed by atoms with Gasteiger partial charge in [0.1, 0.15) is 18.5 Å². The molecule has 1 aromatic carbocycles. The number of β-amino-alcohol motifs (C(OH)–C–C–N with tert-alkyl or cyclic N) is 1. The number of nitriles is 1. The van der Waals surface area contributed by atoms with Crippen LogP contribution >= 0.6 is 0 Å². The van der Waals surface area contributed by atoms with Crippen molar-refractivity contribution in [1.29, 1.82) is 5.26 Å². The zero-order chi connectivity index (χ0) is 17.8. The second-order valence-electron chi connectivity index (χ2n) is 6.39. The Kier molecular flexibility index (Phi) is 5.38. The summed E-state index contributed by atoms with van der Waals surface area (Å²) in [6.07, 6.45) is -1.89. The van der Waals surface area contributed by atoms with E-state index in [1.165, 1.54) is 4.90 Å². The molecule has 2 aliphatic rings. The van der Waals surface area contributed by atoms with Gasteiger partial charge in [-0.05, 0) is 24.3 Å². The van der Waals surface area contributed by atoms with Crippen LogP contribution in [0.3, 0.4) is 0 Å². The van der Waals surface area contributed by atoms with Crippen LogP contribution < -0.4 is 4.74 Å². The van der Waals surface area contributed by atoms with Crippen molar-refractivity contribution in [2.75, 3.05) is 39.3 Å². The van der Waals surface area contributed by atoms with Gasteiger partial charge in [0.15, 0.2) is 0 Å². The molecule has 134 valence electrons. The number of ether oxygens (including phenoxy) is 2. The van der Waals surface area contributed by atoms with Crippen LogP contribution in [0.15, 0.2) is 24.3 Å². The second kappa shape index (κ2) is 7.70. The first kappa shape index (κ1) is 17.5. The Morgan fingerprint density at radius 1 is 1.28 bits per heavy atom. The van der Waals surface area contributed by atoms with Crippen molar-refractivity contribution >= 4 is 6.09 Å². The average molecular weight is 347 g/mol. The summed E-state index contributed by atoms with van der Waals surface area (Å²) in [5, 5.41) is 28.1.